The van der Waals surface area contributed by atoms with Crippen LogP contribution in [-0.2, 0) is 4.79 Å². The van der Waals surface area contributed by atoms with Gasteiger partial charge in [-0.1, -0.05) is 31.2 Å². The summed E-state index contributed by atoms with van der Waals surface area (Å²) >= 11 is 0. The smallest absolute Gasteiger partial charge is 0.261 e. The Balaban J connectivity index is 1.25. The molecule has 1 fully saturated rings. The third-order valence-corrected chi connectivity index (χ3v) is 6.46. The van der Waals surface area contributed by atoms with Crippen LogP contribution in [0.1, 0.15) is 71.9 Å². The molecule has 6 nitrogen and oxygen atoms in total. The molecule has 2 aliphatic rings. The Hall–Kier alpha value is -3.15. The van der Waals surface area contributed by atoms with Crippen LogP contribution in [0, 0.1) is 5.92 Å². The fraction of sp³-hybridized carbons (Fsp3) is 0.423. The summed E-state index contributed by atoms with van der Waals surface area (Å²) in [7, 11) is 0. The maximum absolute atomic E-state index is 12.4. The van der Waals surface area contributed by atoms with E-state index in [1.54, 1.807) is 24.3 Å². The second-order valence-electron chi connectivity index (χ2n) is 8.99. The van der Waals surface area contributed by atoms with Crippen LogP contribution in [0.3, 0.4) is 0 Å². The van der Waals surface area contributed by atoms with Crippen molar-refractivity contribution in [3.63, 3.8) is 0 Å². The number of nitrogens with one attached hydrogen (secondary N) is 1. The van der Waals surface area contributed by atoms with Crippen LogP contribution in [0.25, 0.3) is 0 Å². The van der Waals surface area contributed by atoms with Crippen molar-refractivity contribution >= 4 is 23.4 Å². The molecule has 1 N–H and O–H groups in total. The number of rotatable bonds is 7. The lowest BCUT2D eigenvalue weighted by atomic mass is 9.99. The van der Waals surface area contributed by atoms with Crippen molar-refractivity contribution < 1.29 is 14.4 Å². The summed E-state index contributed by atoms with van der Waals surface area (Å²) in [6.45, 7) is 6.71. The maximum atomic E-state index is 12.4. The molecular weight excluding hydrogens is 402 g/mol. The van der Waals surface area contributed by atoms with Gasteiger partial charge in [-0.25, -0.2) is 0 Å². The van der Waals surface area contributed by atoms with Crippen molar-refractivity contribution in [3.8, 4) is 0 Å². The minimum absolute atomic E-state index is 0.0805. The molecular formula is C26H31N3O3. The quantitative estimate of drug-likeness (QED) is 0.665. The van der Waals surface area contributed by atoms with E-state index in [-0.39, 0.29) is 36.7 Å². The van der Waals surface area contributed by atoms with Gasteiger partial charge in [0, 0.05) is 31.7 Å². The molecule has 0 aliphatic carbocycles. The summed E-state index contributed by atoms with van der Waals surface area (Å²) in [6, 6.07) is 15.2. The van der Waals surface area contributed by atoms with Crippen molar-refractivity contribution in [2.75, 3.05) is 24.5 Å². The first-order valence-corrected chi connectivity index (χ1v) is 11.5. The highest BCUT2D eigenvalue weighted by Crippen LogP contribution is 2.25. The first kappa shape index (κ1) is 22.1. The van der Waals surface area contributed by atoms with E-state index in [0.29, 0.717) is 17.5 Å². The molecule has 1 saturated heterocycles. The highest BCUT2D eigenvalue weighted by atomic mass is 16.2. The average molecular weight is 434 g/mol. The van der Waals surface area contributed by atoms with Gasteiger partial charge in [0.2, 0.25) is 5.91 Å². The summed E-state index contributed by atoms with van der Waals surface area (Å²) in [5.41, 5.74) is 3.18. The molecule has 0 unspecified atom stereocenters. The zero-order valence-corrected chi connectivity index (χ0v) is 18.8. The monoisotopic (exact) mass is 433 g/mol. The van der Waals surface area contributed by atoms with E-state index in [1.165, 1.54) is 23.4 Å². The van der Waals surface area contributed by atoms with Crippen LogP contribution in [0.15, 0.2) is 48.5 Å². The van der Waals surface area contributed by atoms with Crippen LogP contribution >= 0.6 is 0 Å². The molecule has 2 aromatic rings. The number of fused-ring (bicyclic) bond motifs is 1. The molecule has 6 heteroatoms. The number of carbonyl (C=O) groups excluding carboxylic acids is 3. The standard InChI is InChI=1S/C26H31N3O3/c1-18-7-5-15-28(17-18)21-13-11-20(12-14-21)19(2)27-24(30)10-6-16-29-25(31)22-8-3-4-9-23(22)26(29)32/h3-4,8-9,11-14,18-19H,5-7,10,15-17H2,1-2H3,(H,27,30)/t18-,19-/m0/s1. The molecule has 2 atom stereocenters. The summed E-state index contributed by atoms with van der Waals surface area (Å²) in [5.74, 6) is 0.0927. The number of benzene rings is 2. The second-order valence-corrected chi connectivity index (χ2v) is 8.99. The van der Waals surface area contributed by atoms with E-state index >= 15 is 0 Å². The van der Waals surface area contributed by atoms with Crippen LogP contribution < -0.4 is 10.2 Å². The molecule has 32 heavy (non-hydrogen) atoms. The number of hydrogen-bond acceptors (Lipinski definition) is 4. The van der Waals surface area contributed by atoms with E-state index in [0.717, 1.165) is 24.6 Å². The Labute approximate surface area is 189 Å². The van der Waals surface area contributed by atoms with Gasteiger partial charge < -0.3 is 10.2 Å². The average Bonchev–Trinajstić information content (AvgIpc) is 3.04. The van der Waals surface area contributed by atoms with Crippen LogP contribution in [0.5, 0.6) is 0 Å². The predicted molar refractivity (Wildman–Crippen MR) is 125 cm³/mol. The Bertz CT molecular complexity index is 967. The lowest BCUT2D eigenvalue weighted by Gasteiger charge is -2.33. The molecule has 4 rings (SSSR count). The first-order valence-electron chi connectivity index (χ1n) is 11.5. The molecule has 2 aliphatic heterocycles. The molecule has 0 saturated carbocycles. The van der Waals surface area contributed by atoms with Crippen molar-refractivity contribution in [1.82, 2.24) is 10.2 Å². The topological polar surface area (TPSA) is 69.7 Å². The predicted octanol–water partition coefficient (Wildman–Crippen LogP) is 4.18. The molecule has 0 aromatic heterocycles. The molecule has 0 spiro atoms. The summed E-state index contributed by atoms with van der Waals surface area (Å²) in [5, 5.41) is 3.03. The third-order valence-electron chi connectivity index (χ3n) is 6.46. The van der Waals surface area contributed by atoms with Gasteiger partial charge in [0.1, 0.15) is 0 Å². The van der Waals surface area contributed by atoms with E-state index in [4.69, 9.17) is 0 Å². The number of imide groups is 1. The second kappa shape index (κ2) is 9.55. The lowest BCUT2D eigenvalue weighted by molar-refractivity contribution is -0.121. The minimum atomic E-state index is -0.275. The number of nitrogens with zero attached hydrogens (tertiary/aromatic N) is 2. The molecule has 0 bridgehead atoms. The van der Waals surface area contributed by atoms with Gasteiger partial charge in [-0.15, -0.1) is 0 Å². The van der Waals surface area contributed by atoms with E-state index < -0.39 is 0 Å². The minimum Gasteiger partial charge on any atom is -0.371 e. The van der Waals surface area contributed by atoms with E-state index in [9.17, 15) is 14.4 Å². The molecule has 168 valence electrons. The molecule has 3 amide bonds. The van der Waals surface area contributed by atoms with Crippen LogP contribution in [-0.4, -0.2) is 42.3 Å². The summed E-state index contributed by atoms with van der Waals surface area (Å²) in [6.07, 6.45) is 3.23. The first-order chi connectivity index (χ1) is 15.4. The zero-order chi connectivity index (χ0) is 22.7. The van der Waals surface area contributed by atoms with Gasteiger partial charge in [0.15, 0.2) is 0 Å². The van der Waals surface area contributed by atoms with Crippen molar-refractivity contribution in [1.29, 1.82) is 0 Å². The fourth-order valence-corrected chi connectivity index (χ4v) is 4.63. The normalized spacial score (nSPS) is 19.1. The largest absolute Gasteiger partial charge is 0.371 e. The van der Waals surface area contributed by atoms with E-state index in [2.05, 4.69) is 41.4 Å². The summed E-state index contributed by atoms with van der Waals surface area (Å²) in [4.78, 5) is 40.9. The highest BCUT2D eigenvalue weighted by molar-refractivity contribution is 6.21. The molecule has 2 heterocycles. The number of hydrogen-bond donors (Lipinski definition) is 1. The Kier molecular flexibility index (Phi) is 6.58. The summed E-state index contributed by atoms with van der Waals surface area (Å²) < 4.78 is 0. The van der Waals surface area contributed by atoms with Gasteiger partial charge in [0.25, 0.3) is 11.8 Å². The number of piperidine rings is 1. The van der Waals surface area contributed by atoms with Gasteiger partial charge in [-0.3, -0.25) is 19.3 Å². The lowest BCUT2D eigenvalue weighted by Crippen LogP contribution is -2.34. The van der Waals surface area contributed by atoms with Gasteiger partial charge in [-0.05, 0) is 61.9 Å². The van der Waals surface area contributed by atoms with Gasteiger partial charge in [0.05, 0.1) is 17.2 Å². The number of anilines is 1. The maximum Gasteiger partial charge on any atom is 0.261 e. The third kappa shape index (κ3) is 4.69. The Morgan fingerprint density at radius 2 is 1.72 bits per heavy atom. The highest BCUT2D eigenvalue weighted by Gasteiger charge is 2.34. The zero-order valence-electron chi connectivity index (χ0n) is 18.8. The SMILES string of the molecule is C[C@H]1CCCN(c2ccc([C@H](C)NC(=O)CCCN3C(=O)c4ccccc4C3=O)cc2)C1. The Morgan fingerprint density at radius 3 is 2.34 bits per heavy atom. The van der Waals surface area contributed by atoms with E-state index in [1.807, 2.05) is 6.92 Å². The molecule has 2 aromatic carbocycles. The van der Waals surface area contributed by atoms with Gasteiger partial charge in [-0.2, -0.15) is 0 Å². The van der Waals surface area contributed by atoms with Crippen molar-refractivity contribution in [2.45, 2.75) is 45.6 Å². The van der Waals surface area contributed by atoms with Gasteiger partial charge >= 0.3 is 0 Å². The number of amides is 3. The van der Waals surface area contributed by atoms with Crippen LogP contribution in [0.4, 0.5) is 5.69 Å². The number of carbonyl (C=O) groups is 3. The fourth-order valence-electron chi connectivity index (χ4n) is 4.63. The Morgan fingerprint density at radius 1 is 1.06 bits per heavy atom. The van der Waals surface area contributed by atoms with Crippen LogP contribution in [0.2, 0.25) is 0 Å². The van der Waals surface area contributed by atoms with Crippen molar-refractivity contribution in [3.05, 3.63) is 65.2 Å². The molecule has 0 radical (unpaired) electrons. The van der Waals surface area contributed by atoms with Crippen molar-refractivity contribution in [2.24, 2.45) is 5.92 Å².